The summed E-state index contributed by atoms with van der Waals surface area (Å²) in [6.45, 7) is 5.22. The van der Waals surface area contributed by atoms with E-state index in [9.17, 15) is 5.11 Å². The van der Waals surface area contributed by atoms with Crippen molar-refractivity contribution in [2.24, 2.45) is 5.41 Å². The molecule has 5 heterocycles. The second-order valence-electron chi connectivity index (χ2n) is 8.66. The average Bonchev–Trinajstić information content (AvgIpc) is 3.50. The molecule has 0 atom stereocenters. The van der Waals surface area contributed by atoms with Crippen molar-refractivity contribution in [3.8, 4) is 5.75 Å². The topological polar surface area (TPSA) is 29.5 Å². The van der Waals surface area contributed by atoms with Crippen molar-refractivity contribution in [1.29, 1.82) is 0 Å². The van der Waals surface area contributed by atoms with Crippen LogP contribution in [0.2, 0.25) is 0 Å². The molecular formula is C24H28BrNO2S2. The number of rotatable bonds is 7. The molecule has 3 nitrogen and oxygen atoms in total. The van der Waals surface area contributed by atoms with Crippen molar-refractivity contribution in [1.82, 2.24) is 0 Å². The monoisotopic (exact) mass is 505 g/mol. The molecule has 160 valence electrons. The van der Waals surface area contributed by atoms with Crippen molar-refractivity contribution >= 4 is 22.7 Å². The number of hydrogen-bond acceptors (Lipinski definition) is 4. The van der Waals surface area contributed by atoms with Crippen LogP contribution in [-0.4, -0.2) is 42.4 Å². The van der Waals surface area contributed by atoms with E-state index < -0.39 is 5.60 Å². The fraction of sp³-hybridized carbons (Fsp3) is 0.417. The minimum atomic E-state index is -0.871. The van der Waals surface area contributed by atoms with Crippen LogP contribution >= 0.6 is 22.7 Å². The number of fused-ring (bicyclic) bond motifs is 3. The molecule has 2 bridgehead atoms. The minimum absolute atomic E-state index is 0. The maximum absolute atomic E-state index is 12.2. The summed E-state index contributed by atoms with van der Waals surface area (Å²) in [5.74, 6) is 0.957. The maximum atomic E-state index is 12.2. The van der Waals surface area contributed by atoms with Crippen LogP contribution in [0.25, 0.3) is 0 Å². The first kappa shape index (κ1) is 22.0. The van der Waals surface area contributed by atoms with Gasteiger partial charge in [0.05, 0.1) is 19.6 Å². The smallest absolute Gasteiger partial charge is 0.137 e. The van der Waals surface area contributed by atoms with E-state index in [2.05, 4.69) is 33.7 Å². The highest BCUT2D eigenvalue weighted by Gasteiger charge is 2.60. The zero-order chi connectivity index (χ0) is 19.8. The van der Waals surface area contributed by atoms with Crippen LogP contribution in [0.15, 0.2) is 64.0 Å². The second kappa shape index (κ2) is 8.75. The minimum Gasteiger partial charge on any atom is -1.00 e. The van der Waals surface area contributed by atoms with Crippen LogP contribution in [0.3, 0.4) is 0 Å². The lowest BCUT2D eigenvalue weighted by Crippen LogP contribution is -3.00. The van der Waals surface area contributed by atoms with Gasteiger partial charge in [0.2, 0.25) is 0 Å². The van der Waals surface area contributed by atoms with Gasteiger partial charge in [0, 0.05) is 24.7 Å². The summed E-state index contributed by atoms with van der Waals surface area (Å²) < 4.78 is 7.14. The van der Waals surface area contributed by atoms with E-state index in [-0.39, 0.29) is 22.4 Å². The van der Waals surface area contributed by atoms with E-state index in [4.69, 9.17) is 4.74 Å². The Morgan fingerprint density at radius 1 is 0.900 bits per heavy atom. The predicted molar refractivity (Wildman–Crippen MR) is 120 cm³/mol. The third kappa shape index (κ3) is 3.67. The van der Waals surface area contributed by atoms with Gasteiger partial charge in [-0.2, -0.15) is 22.7 Å². The second-order valence-corrected chi connectivity index (χ2v) is 10.2. The van der Waals surface area contributed by atoms with Gasteiger partial charge in [-0.05, 0) is 56.9 Å². The summed E-state index contributed by atoms with van der Waals surface area (Å²) in [7, 11) is 0. The molecule has 3 saturated heterocycles. The Bertz CT molecular complexity index is 869. The summed E-state index contributed by atoms with van der Waals surface area (Å²) >= 11 is 3.36. The molecule has 0 aliphatic carbocycles. The van der Waals surface area contributed by atoms with Gasteiger partial charge in [-0.3, -0.25) is 0 Å². The van der Waals surface area contributed by atoms with Gasteiger partial charge in [0.25, 0.3) is 0 Å². The lowest BCUT2D eigenvalue weighted by atomic mass is 9.57. The average molecular weight is 507 g/mol. The Hall–Kier alpha value is -1.18. The Kier molecular flexibility index (Phi) is 6.43. The number of benzene rings is 1. The lowest BCUT2D eigenvalue weighted by molar-refractivity contribution is -0.946. The van der Waals surface area contributed by atoms with Gasteiger partial charge in [0.1, 0.15) is 24.5 Å². The van der Waals surface area contributed by atoms with Gasteiger partial charge < -0.3 is 31.3 Å². The predicted octanol–water partition coefficient (Wildman–Crippen LogP) is 2.13. The summed E-state index contributed by atoms with van der Waals surface area (Å²) in [4.78, 5) is 0. The van der Waals surface area contributed by atoms with Crippen molar-refractivity contribution in [3.05, 3.63) is 75.1 Å². The first-order chi connectivity index (χ1) is 14.2. The van der Waals surface area contributed by atoms with Gasteiger partial charge in [-0.1, -0.05) is 18.2 Å². The van der Waals surface area contributed by atoms with E-state index in [0.717, 1.165) is 73.4 Å². The summed E-state index contributed by atoms with van der Waals surface area (Å²) in [6.07, 6.45) is 3.21. The standard InChI is InChI=1S/C24H28NO2S2.BrH/c26-24(20-6-16-28-18-20,21-7-17-29-19-21)23-8-11-25(12-9-23,13-10-23)14-15-27-22-4-2-1-3-5-22;/h1-7,16-19,26H,8-15H2;1H/q+1;/p-1. The molecule has 0 spiro atoms. The molecule has 2 aromatic heterocycles. The first-order valence-electron chi connectivity index (χ1n) is 10.5. The molecular weight excluding hydrogens is 478 g/mol. The summed E-state index contributed by atoms with van der Waals surface area (Å²) in [6, 6.07) is 14.4. The van der Waals surface area contributed by atoms with Crippen LogP contribution in [0.4, 0.5) is 0 Å². The van der Waals surface area contributed by atoms with Crippen LogP contribution in [0.5, 0.6) is 5.75 Å². The van der Waals surface area contributed by atoms with E-state index in [1.807, 2.05) is 30.3 Å². The van der Waals surface area contributed by atoms with E-state index in [1.54, 1.807) is 22.7 Å². The number of ether oxygens (including phenoxy) is 1. The van der Waals surface area contributed by atoms with Crippen molar-refractivity contribution in [2.45, 2.75) is 24.9 Å². The molecule has 3 aliphatic heterocycles. The number of quaternary nitrogens is 1. The normalized spacial score (nSPS) is 25.6. The zero-order valence-electron chi connectivity index (χ0n) is 17.0. The van der Waals surface area contributed by atoms with E-state index >= 15 is 0 Å². The Labute approximate surface area is 197 Å². The summed E-state index contributed by atoms with van der Waals surface area (Å²) in [5.41, 5.74) is 1.23. The van der Waals surface area contributed by atoms with Crippen molar-refractivity contribution in [2.75, 3.05) is 32.8 Å². The largest absolute Gasteiger partial charge is 1.00 e. The molecule has 1 aromatic carbocycles. The van der Waals surface area contributed by atoms with Gasteiger partial charge in [0.15, 0.2) is 0 Å². The number of hydrogen-bond donors (Lipinski definition) is 1. The molecule has 30 heavy (non-hydrogen) atoms. The Balaban J connectivity index is 0.00000218. The fourth-order valence-electron chi connectivity index (χ4n) is 5.54. The molecule has 0 unspecified atom stereocenters. The Morgan fingerprint density at radius 2 is 1.47 bits per heavy atom. The first-order valence-corrected chi connectivity index (χ1v) is 12.4. The molecule has 6 rings (SSSR count). The molecule has 1 N–H and O–H groups in total. The van der Waals surface area contributed by atoms with Crippen LogP contribution in [0.1, 0.15) is 30.4 Å². The molecule has 3 aromatic rings. The van der Waals surface area contributed by atoms with Crippen molar-refractivity contribution in [3.63, 3.8) is 0 Å². The number of para-hydroxylation sites is 1. The van der Waals surface area contributed by atoms with E-state index in [0.29, 0.717) is 0 Å². The number of piperidine rings is 3. The van der Waals surface area contributed by atoms with Crippen LogP contribution in [-0.2, 0) is 5.60 Å². The highest BCUT2D eigenvalue weighted by molar-refractivity contribution is 7.08. The van der Waals surface area contributed by atoms with Gasteiger partial charge in [-0.25, -0.2) is 0 Å². The molecule has 6 heteroatoms. The zero-order valence-corrected chi connectivity index (χ0v) is 20.2. The molecule has 3 aliphatic rings. The highest BCUT2D eigenvalue weighted by atomic mass is 79.9. The SMILES string of the molecule is OC(c1ccsc1)(c1ccsc1)C12CC[N+](CCOc3ccccc3)(CC1)CC2.[Br-]. The molecule has 3 fully saturated rings. The van der Waals surface area contributed by atoms with Gasteiger partial charge >= 0.3 is 0 Å². The number of thiophene rings is 2. The number of halogens is 1. The molecule has 0 radical (unpaired) electrons. The van der Waals surface area contributed by atoms with Crippen molar-refractivity contribution < 1.29 is 31.3 Å². The molecule has 0 amide bonds. The third-order valence-corrected chi connectivity index (χ3v) is 8.78. The third-order valence-electron chi connectivity index (χ3n) is 7.42. The number of nitrogens with zero attached hydrogens (tertiary/aromatic N) is 1. The molecule has 0 saturated carbocycles. The fourth-order valence-corrected chi connectivity index (χ4v) is 6.93. The van der Waals surface area contributed by atoms with Crippen LogP contribution < -0.4 is 21.7 Å². The number of aliphatic hydroxyl groups is 1. The lowest BCUT2D eigenvalue weighted by Gasteiger charge is -2.59. The quantitative estimate of drug-likeness (QED) is 0.498. The Morgan fingerprint density at radius 3 is 1.97 bits per heavy atom. The maximum Gasteiger partial charge on any atom is 0.137 e. The van der Waals surface area contributed by atoms with E-state index in [1.165, 1.54) is 0 Å². The summed E-state index contributed by atoms with van der Waals surface area (Å²) in [5, 5.41) is 20.7. The van der Waals surface area contributed by atoms with Crippen LogP contribution in [0, 0.1) is 5.41 Å². The highest BCUT2D eigenvalue weighted by Crippen LogP contribution is 2.57. The van der Waals surface area contributed by atoms with Gasteiger partial charge in [-0.15, -0.1) is 0 Å².